The summed E-state index contributed by atoms with van der Waals surface area (Å²) in [6.07, 6.45) is 3.57. The third-order valence-corrected chi connectivity index (χ3v) is 4.21. The SMILES string of the molecule is CCOC(=O)CCCNC(=O)[C@@H](NC(=O)CNC(=O)/C=C/c1ccc(N)cc1)C(C)C. The molecule has 0 fully saturated rings. The molecule has 5 N–H and O–H groups in total. The van der Waals surface area contributed by atoms with Crippen molar-refractivity contribution in [1.82, 2.24) is 16.0 Å². The molecule has 0 unspecified atom stereocenters. The number of rotatable bonds is 12. The summed E-state index contributed by atoms with van der Waals surface area (Å²) in [6, 6.07) is 6.23. The zero-order chi connectivity index (χ0) is 23.2. The van der Waals surface area contributed by atoms with Gasteiger partial charge in [-0.1, -0.05) is 26.0 Å². The van der Waals surface area contributed by atoms with Crippen LogP contribution in [0.2, 0.25) is 0 Å². The summed E-state index contributed by atoms with van der Waals surface area (Å²) < 4.78 is 4.83. The first-order valence-electron chi connectivity index (χ1n) is 10.3. The molecule has 0 aromatic heterocycles. The molecule has 1 atom stereocenters. The standard InChI is InChI=1S/C22H32N4O5/c1-4-31-20(29)6-5-13-24-22(30)21(15(2)3)26-19(28)14-25-18(27)12-9-16-7-10-17(23)11-8-16/h7-12,15,21H,4-6,13-14,23H2,1-3H3,(H,24,30)(H,25,27)(H,26,28)/b12-9+/t21-/m0/s1. The number of benzene rings is 1. The fourth-order valence-electron chi connectivity index (χ4n) is 2.55. The van der Waals surface area contributed by atoms with Crippen LogP contribution in [-0.4, -0.2) is 49.4 Å². The van der Waals surface area contributed by atoms with E-state index in [0.29, 0.717) is 25.3 Å². The van der Waals surface area contributed by atoms with Crippen LogP contribution in [0.5, 0.6) is 0 Å². The molecule has 1 aromatic rings. The zero-order valence-electron chi connectivity index (χ0n) is 18.3. The predicted molar refractivity (Wildman–Crippen MR) is 119 cm³/mol. The van der Waals surface area contributed by atoms with E-state index in [1.165, 1.54) is 6.08 Å². The topological polar surface area (TPSA) is 140 Å². The summed E-state index contributed by atoms with van der Waals surface area (Å²) in [7, 11) is 0. The van der Waals surface area contributed by atoms with Gasteiger partial charge in [0.15, 0.2) is 0 Å². The highest BCUT2D eigenvalue weighted by Crippen LogP contribution is 2.06. The van der Waals surface area contributed by atoms with Gasteiger partial charge in [0, 0.05) is 24.7 Å². The molecule has 0 aliphatic heterocycles. The molecule has 0 aliphatic carbocycles. The lowest BCUT2D eigenvalue weighted by atomic mass is 10.0. The molecule has 3 amide bonds. The number of ether oxygens (including phenoxy) is 1. The second-order valence-corrected chi connectivity index (χ2v) is 7.21. The van der Waals surface area contributed by atoms with Gasteiger partial charge in [-0.2, -0.15) is 0 Å². The summed E-state index contributed by atoms with van der Waals surface area (Å²) in [5, 5.41) is 7.81. The maximum absolute atomic E-state index is 12.4. The molecule has 0 aliphatic rings. The Morgan fingerprint density at radius 2 is 1.77 bits per heavy atom. The van der Waals surface area contributed by atoms with Gasteiger partial charge in [-0.25, -0.2) is 0 Å². The van der Waals surface area contributed by atoms with Gasteiger partial charge in [-0.15, -0.1) is 0 Å². The molecule has 9 heteroatoms. The van der Waals surface area contributed by atoms with Crippen LogP contribution in [0.4, 0.5) is 5.69 Å². The third kappa shape index (κ3) is 10.8. The number of carbonyl (C=O) groups is 4. The minimum absolute atomic E-state index is 0.157. The average Bonchev–Trinajstić information content (AvgIpc) is 2.73. The fraction of sp³-hybridized carbons (Fsp3) is 0.455. The first-order chi connectivity index (χ1) is 14.7. The van der Waals surface area contributed by atoms with Crippen molar-refractivity contribution in [3.05, 3.63) is 35.9 Å². The molecule has 170 valence electrons. The first-order valence-corrected chi connectivity index (χ1v) is 10.3. The summed E-state index contributed by atoms with van der Waals surface area (Å²) >= 11 is 0. The molecule has 0 radical (unpaired) electrons. The highest BCUT2D eigenvalue weighted by Gasteiger charge is 2.23. The second kappa shape index (κ2) is 13.8. The number of nitrogen functional groups attached to an aromatic ring is 1. The van der Waals surface area contributed by atoms with Crippen molar-refractivity contribution < 1.29 is 23.9 Å². The molecular formula is C22H32N4O5. The van der Waals surface area contributed by atoms with Crippen LogP contribution in [0.3, 0.4) is 0 Å². The van der Waals surface area contributed by atoms with Crippen LogP contribution < -0.4 is 21.7 Å². The lowest BCUT2D eigenvalue weighted by Crippen LogP contribution is -2.52. The normalized spacial score (nSPS) is 11.7. The summed E-state index contributed by atoms with van der Waals surface area (Å²) in [5.74, 6) is -1.73. The number of carbonyl (C=O) groups excluding carboxylic acids is 4. The molecule has 0 heterocycles. The van der Waals surface area contributed by atoms with E-state index in [4.69, 9.17) is 10.5 Å². The van der Waals surface area contributed by atoms with Crippen LogP contribution >= 0.6 is 0 Å². The van der Waals surface area contributed by atoms with Crippen LogP contribution in [0, 0.1) is 5.92 Å². The number of nitrogens with one attached hydrogen (secondary N) is 3. The van der Waals surface area contributed by atoms with E-state index in [1.807, 2.05) is 0 Å². The Hall–Kier alpha value is -3.36. The van der Waals surface area contributed by atoms with Crippen LogP contribution in [0.15, 0.2) is 30.3 Å². The van der Waals surface area contributed by atoms with Gasteiger partial charge >= 0.3 is 5.97 Å². The third-order valence-electron chi connectivity index (χ3n) is 4.21. The number of anilines is 1. The van der Waals surface area contributed by atoms with E-state index in [2.05, 4.69) is 16.0 Å². The smallest absolute Gasteiger partial charge is 0.305 e. The number of hydrogen-bond donors (Lipinski definition) is 4. The summed E-state index contributed by atoms with van der Waals surface area (Å²) in [4.78, 5) is 47.7. The molecule has 1 aromatic carbocycles. The van der Waals surface area contributed by atoms with Gasteiger partial charge in [-0.05, 0) is 43.0 Å². The highest BCUT2D eigenvalue weighted by atomic mass is 16.5. The monoisotopic (exact) mass is 432 g/mol. The van der Waals surface area contributed by atoms with E-state index < -0.39 is 17.9 Å². The van der Waals surface area contributed by atoms with Crippen molar-refractivity contribution in [3.63, 3.8) is 0 Å². The Balaban J connectivity index is 2.41. The number of esters is 1. The average molecular weight is 433 g/mol. The highest BCUT2D eigenvalue weighted by molar-refractivity contribution is 5.95. The van der Waals surface area contributed by atoms with E-state index in [1.54, 1.807) is 51.1 Å². The predicted octanol–water partition coefficient (Wildman–Crippen LogP) is 0.999. The van der Waals surface area contributed by atoms with Gasteiger partial charge in [0.1, 0.15) is 6.04 Å². The van der Waals surface area contributed by atoms with Gasteiger partial charge in [0.25, 0.3) is 0 Å². The van der Waals surface area contributed by atoms with Crippen molar-refractivity contribution in [1.29, 1.82) is 0 Å². The number of amides is 3. The van der Waals surface area contributed by atoms with Crippen molar-refractivity contribution in [2.24, 2.45) is 5.92 Å². The summed E-state index contributed by atoms with van der Waals surface area (Å²) in [5.41, 5.74) is 7.03. The molecule has 0 bridgehead atoms. The number of nitrogens with two attached hydrogens (primary N) is 1. The maximum atomic E-state index is 12.4. The van der Waals surface area contributed by atoms with Crippen molar-refractivity contribution in [2.45, 2.75) is 39.7 Å². The van der Waals surface area contributed by atoms with Gasteiger partial charge in [0.05, 0.1) is 13.2 Å². The van der Waals surface area contributed by atoms with Crippen molar-refractivity contribution >= 4 is 35.5 Å². The van der Waals surface area contributed by atoms with Crippen LogP contribution in [0.25, 0.3) is 6.08 Å². The molecular weight excluding hydrogens is 400 g/mol. The molecule has 0 saturated carbocycles. The summed E-state index contributed by atoms with van der Waals surface area (Å²) in [6.45, 7) is 5.69. The fourth-order valence-corrected chi connectivity index (χ4v) is 2.55. The van der Waals surface area contributed by atoms with Crippen molar-refractivity contribution in [3.8, 4) is 0 Å². The largest absolute Gasteiger partial charge is 0.466 e. The Morgan fingerprint density at radius 3 is 2.39 bits per heavy atom. The minimum Gasteiger partial charge on any atom is -0.466 e. The zero-order valence-corrected chi connectivity index (χ0v) is 18.3. The quantitative estimate of drug-likeness (QED) is 0.168. The van der Waals surface area contributed by atoms with Crippen LogP contribution in [0.1, 0.15) is 39.2 Å². The van der Waals surface area contributed by atoms with E-state index >= 15 is 0 Å². The Labute approximate surface area is 182 Å². The first kappa shape index (κ1) is 25.7. The van der Waals surface area contributed by atoms with Gasteiger partial charge in [0.2, 0.25) is 17.7 Å². The molecule has 0 saturated heterocycles. The van der Waals surface area contributed by atoms with Gasteiger partial charge in [-0.3, -0.25) is 19.2 Å². The van der Waals surface area contributed by atoms with E-state index in [0.717, 1.165) is 5.56 Å². The second-order valence-electron chi connectivity index (χ2n) is 7.21. The number of hydrogen-bond acceptors (Lipinski definition) is 6. The van der Waals surface area contributed by atoms with E-state index in [-0.39, 0.29) is 30.8 Å². The van der Waals surface area contributed by atoms with Crippen LogP contribution in [-0.2, 0) is 23.9 Å². The molecule has 0 spiro atoms. The lowest BCUT2D eigenvalue weighted by Gasteiger charge is -2.21. The van der Waals surface area contributed by atoms with Gasteiger partial charge < -0.3 is 26.4 Å². The Kier molecular flexibility index (Phi) is 11.4. The minimum atomic E-state index is -0.752. The van der Waals surface area contributed by atoms with E-state index in [9.17, 15) is 19.2 Å². The molecule has 9 nitrogen and oxygen atoms in total. The molecule has 1 rings (SSSR count). The van der Waals surface area contributed by atoms with Crippen molar-refractivity contribution in [2.75, 3.05) is 25.4 Å². The Bertz CT molecular complexity index is 775. The molecule has 31 heavy (non-hydrogen) atoms. The maximum Gasteiger partial charge on any atom is 0.305 e. The lowest BCUT2D eigenvalue weighted by molar-refractivity contribution is -0.143. The Morgan fingerprint density at radius 1 is 1.10 bits per heavy atom.